The summed E-state index contributed by atoms with van der Waals surface area (Å²) in [6, 6.07) is 27.3. The van der Waals surface area contributed by atoms with Gasteiger partial charge in [-0.3, -0.25) is 0 Å². The van der Waals surface area contributed by atoms with Crippen molar-refractivity contribution in [2.75, 3.05) is 0 Å². The largest absolute Gasteiger partial charge is 0.460 e. The molecule has 1 radical (unpaired) electrons. The molecule has 0 amide bonds. The molecular weight excluding hydrogens is 730 g/mol. The number of rotatable bonds is 10. The number of para-hydroxylation sites is 1. The van der Waals surface area contributed by atoms with Gasteiger partial charge in [-0.05, 0) is 74.3 Å². The molecule has 0 aliphatic carbocycles. The molecule has 0 heterocycles. The van der Waals surface area contributed by atoms with Crippen molar-refractivity contribution in [1.29, 1.82) is 0 Å². The molecule has 0 bridgehead atoms. The lowest BCUT2D eigenvalue weighted by Gasteiger charge is -2.31. The van der Waals surface area contributed by atoms with Crippen LogP contribution in [0.4, 0.5) is 39.5 Å². The second kappa shape index (κ2) is 12.0. The number of ether oxygens (including phenoxy) is 1. The van der Waals surface area contributed by atoms with E-state index in [1.807, 2.05) is 0 Å². The Kier molecular flexibility index (Phi) is 9.09. The highest BCUT2D eigenvalue weighted by Gasteiger charge is 2.86. The summed E-state index contributed by atoms with van der Waals surface area (Å²) in [4.78, 5) is 0. The predicted molar refractivity (Wildman–Crippen MR) is 133 cm³/mol. The third-order valence-electron chi connectivity index (χ3n) is 5.72. The molecule has 4 nitrogen and oxygen atoms in total. The molecule has 15 heteroatoms. The highest BCUT2D eigenvalue weighted by molar-refractivity contribution is 7.87. The van der Waals surface area contributed by atoms with Crippen molar-refractivity contribution >= 4 is 10.1 Å². The van der Waals surface area contributed by atoms with Crippen molar-refractivity contribution in [2.24, 2.45) is 0 Å². The normalized spacial score (nSPS) is 13.3. The minimum atomic E-state index is -7.41. The van der Waals surface area contributed by atoms with Gasteiger partial charge in [0.05, 0.1) is 0 Å². The molecular formula is C28H18F9IO4S+. The molecule has 0 spiro atoms. The molecule has 0 fully saturated rings. The molecule has 0 aliphatic heterocycles. The van der Waals surface area contributed by atoms with E-state index in [1.54, 1.807) is 60.7 Å². The van der Waals surface area contributed by atoms with E-state index in [2.05, 4.69) is 2.51 Å². The summed E-state index contributed by atoms with van der Waals surface area (Å²) in [6.07, 6.45) is -7.20. The van der Waals surface area contributed by atoms with Crippen molar-refractivity contribution in [2.45, 2.75) is 23.3 Å². The Hall–Kier alpha value is -3.31. The first-order valence-electron chi connectivity index (χ1n) is 11.8. The zero-order valence-corrected chi connectivity index (χ0v) is 24.2. The molecule has 4 aromatic rings. The summed E-state index contributed by atoms with van der Waals surface area (Å²) < 4.78 is 157. The molecule has 0 aromatic heterocycles. The van der Waals surface area contributed by atoms with Crippen molar-refractivity contribution in [3.63, 3.8) is 0 Å². The van der Waals surface area contributed by atoms with Crippen LogP contribution >= 0.6 is 0 Å². The summed E-state index contributed by atoms with van der Waals surface area (Å²) >= 11 is -4.29. The van der Waals surface area contributed by atoms with E-state index < -0.39 is 53.6 Å². The minimum Gasteiger partial charge on any atom is -0.457 e. The first kappa shape index (κ1) is 32.6. The Morgan fingerprint density at radius 2 is 0.930 bits per heavy atom. The quantitative estimate of drug-likeness (QED) is 0.159. The standard InChI is InChI=1S/C28H18F9IO4S/c29-25(30,27(33,34)35)26(31,32)28(36,37)43(39,40)42-38(21-13-11-20(12-14-21)19-7-3-1-4-8-19)22-15-17-24(18-16-22)41-23-9-5-2-6-10-23/h1-18H/q+1. The van der Waals surface area contributed by atoms with Gasteiger partial charge >= 0.3 is 53.6 Å². The van der Waals surface area contributed by atoms with Crippen LogP contribution in [0.2, 0.25) is 0 Å². The number of hydrogen-bond acceptors (Lipinski definition) is 4. The van der Waals surface area contributed by atoms with Gasteiger partial charge in [-0.2, -0.15) is 47.9 Å². The fourth-order valence-corrected chi connectivity index (χ4v) is 10.4. The maximum absolute atomic E-state index is 14.6. The van der Waals surface area contributed by atoms with Crippen LogP contribution in [0.5, 0.6) is 11.5 Å². The lowest BCUT2D eigenvalue weighted by Crippen LogP contribution is -3.85. The number of alkyl halides is 9. The zero-order chi connectivity index (χ0) is 31.7. The minimum absolute atomic E-state index is 0.0779. The van der Waals surface area contributed by atoms with E-state index in [-0.39, 0.29) is 12.9 Å². The first-order valence-corrected chi connectivity index (χ1v) is 16.3. The maximum Gasteiger partial charge on any atom is 0.460 e. The van der Waals surface area contributed by atoms with Gasteiger partial charge in [0.25, 0.3) is 0 Å². The average molecular weight is 748 g/mol. The third kappa shape index (κ3) is 6.47. The first-order chi connectivity index (χ1) is 20.0. The number of benzene rings is 4. The molecule has 4 aromatic carbocycles. The Morgan fingerprint density at radius 3 is 1.42 bits per heavy atom. The van der Waals surface area contributed by atoms with Crippen LogP contribution in [0, 0.1) is 7.14 Å². The Labute approximate surface area is 247 Å². The van der Waals surface area contributed by atoms with Crippen molar-refractivity contribution < 1.29 is 75.4 Å². The summed E-state index contributed by atoms with van der Waals surface area (Å²) in [7, 11) is -7.10. The van der Waals surface area contributed by atoms with E-state index in [9.17, 15) is 47.9 Å². The van der Waals surface area contributed by atoms with E-state index in [0.717, 1.165) is 0 Å². The third-order valence-corrected chi connectivity index (χ3v) is 13.1. The van der Waals surface area contributed by atoms with Crippen molar-refractivity contribution in [3.8, 4) is 22.6 Å². The molecule has 0 aliphatic rings. The zero-order valence-electron chi connectivity index (χ0n) is 21.2. The van der Waals surface area contributed by atoms with Gasteiger partial charge < -0.3 is 4.74 Å². The Morgan fingerprint density at radius 1 is 0.512 bits per heavy atom. The molecule has 4 rings (SSSR count). The van der Waals surface area contributed by atoms with Crippen LogP contribution in [-0.4, -0.2) is 31.7 Å². The molecule has 43 heavy (non-hydrogen) atoms. The fourth-order valence-electron chi connectivity index (χ4n) is 3.47. The molecule has 0 unspecified atom stereocenters. The van der Waals surface area contributed by atoms with Crippen LogP contribution in [0.1, 0.15) is 0 Å². The summed E-state index contributed by atoms with van der Waals surface area (Å²) in [5, 5.41) is -6.98. The highest BCUT2D eigenvalue weighted by atomic mass is 127. The van der Waals surface area contributed by atoms with Gasteiger partial charge in [0.1, 0.15) is 11.5 Å². The molecule has 0 saturated heterocycles. The van der Waals surface area contributed by atoms with Crippen LogP contribution in [0.15, 0.2) is 109 Å². The Balaban J connectivity index is 1.74. The average Bonchev–Trinajstić information content (AvgIpc) is 2.97. The summed E-state index contributed by atoms with van der Waals surface area (Å²) in [5.41, 5.74) is 1.28. The van der Waals surface area contributed by atoms with E-state index in [0.29, 0.717) is 16.9 Å². The lowest BCUT2D eigenvalue weighted by atomic mass is 10.1. The predicted octanol–water partition coefficient (Wildman–Crippen LogP) is 5.50. The fraction of sp³-hybridized carbons (Fsp3) is 0.143. The molecule has 229 valence electrons. The van der Waals surface area contributed by atoms with Crippen molar-refractivity contribution in [3.05, 3.63) is 116 Å². The molecule has 0 atom stereocenters. The summed E-state index contributed by atoms with van der Waals surface area (Å²) in [5.74, 6) is -14.2. The van der Waals surface area contributed by atoms with E-state index in [1.165, 1.54) is 48.5 Å². The SMILES string of the molecule is O=S(=O)(O[I+](c1ccc(Oc2ccccc2)cc1)c1ccc(-c2ccccc2)cc1)C(F)(F)C(F)(F)C(F)(F)C(F)(F)F. The molecule has 0 saturated carbocycles. The van der Waals surface area contributed by atoms with Crippen LogP contribution < -0.4 is 25.0 Å². The summed E-state index contributed by atoms with van der Waals surface area (Å²) in [6.45, 7) is 0. The van der Waals surface area contributed by atoms with Gasteiger partial charge in [-0.1, -0.05) is 48.5 Å². The topological polar surface area (TPSA) is 52.6 Å². The van der Waals surface area contributed by atoms with Crippen LogP contribution in [0.25, 0.3) is 11.1 Å². The van der Waals surface area contributed by atoms with E-state index >= 15 is 0 Å². The van der Waals surface area contributed by atoms with Gasteiger partial charge in [0.15, 0.2) is 7.14 Å². The number of halogens is 10. The number of hydrogen-bond donors (Lipinski definition) is 0. The van der Waals surface area contributed by atoms with Gasteiger partial charge in [-0.25, -0.2) is 0 Å². The Bertz CT molecular complexity index is 1630. The lowest BCUT2D eigenvalue weighted by molar-refractivity contribution is -1.03. The second-order valence-electron chi connectivity index (χ2n) is 8.67. The monoisotopic (exact) mass is 748 g/mol. The van der Waals surface area contributed by atoms with Crippen molar-refractivity contribution in [1.82, 2.24) is 0 Å². The smallest absolute Gasteiger partial charge is 0.457 e. The van der Waals surface area contributed by atoms with Gasteiger partial charge in [0.2, 0.25) is 0 Å². The molecule has 0 N–H and O–H groups in total. The maximum atomic E-state index is 14.6. The van der Waals surface area contributed by atoms with Crippen LogP contribution in [-0.2, 0) is 12.6 Å². The second-order valence-corrected chi connectivity index (χ2v) is 15.2. The van der Waals surface area contributed by atoms with Gasteiger partial charge in [0, 0.05) is 0 Å². The highest BCUT2D eigenvalue weighted by Crippen LogP contribution is 2.54. The van der Waals surface area contributed by atoms with Gasteiger partial charge in [-0.15, -0.1) is 0 Å². The van der Waals surface area contributed by atoms with Crippen LogP contribution in [0.3, 0.4) is 0 Å². The van der Waals surface area contributed by atoms with E-state index in [4.69, 9.17) is 4.74 Å².